The standard InChI is InChI=1S/C7H8ClNO/c1-5-3-4-9-7(10-2)6(5)8/h3-4H,1-2H3. The highest BCUT2D eigenvalue weighted by Crippen LogP contribution is 2.23. The maximum Gasteiger partial charge on any atom is 0.232 e. The molecule has 0 saturated heterocycles. The van der Waals surface area contributed by atoms with Gasteiger partial charge in [0.1, 0.15) is 5.02 Å². The van der Waals surface area contributed by atoms with Gasteiger partial charge in [0.25, 0.3) is 0 Å². The van der Waals surface area contributed by atoms with E-state index in [2.05, 4.69) is 4.98 Å². The largest absolute Gasteiger partial charge is 0.480 e. The fourth-order valence-corrected chi connectivity index (χ4v) is 0.847. The zero-order valence-electron chi connectivity index (χ0n) is 5.89. The normalized spacial score (nSPS) is 9.50. The van der Waals surface area contributed by atoms with E-state index in [1.165, 1.54) is 0 Å². The zero-order chi connectivity index (χ0) is 7.56. The number of aryl methyl sites for hydroxylation is 1. The van der Waals surface area contributed by atoms with Crippen LogP contribution in [0.15, 0.2) is 12.3 Å². The lowest BCUT2D eigenvalue weighted by Crippen LogP contribution is -1.88. The Bertz CT molecular complexity index is 237. The Morgan fingerprint density at radius 2 is 2.30 bits per heavy atom. The molecule has 0 aliphatic carbocycles. The van der Waals surface area contributed by atoms with Crippen molar-refractivity contribution < 1.29 is 4.74 Å². The Balaban J connectivity index is 3.14. The van der Waals surface area contributed by atoms with Crippen molar-refractivity contribution in [2.24, 2.45) is 0 Å². The highest BCUT2D eigenvalue weighted by atomic mass is 35.5. The minimum absolute atomic E-state index is 0.488. The first-order valence-electron chi connectivity index (χ1n) is 2.91. The Morgan fingerprint density at radius 1 is 1.60 bits per heavy atom. The highest BCUT2D eigenvalue weighted by molar-refractivity contribution is 6.32. The van der Waals surface area contributed by atoms with Crippen LogP contribution in [0.1, 0.15) is 5.56 Å². The monoisotopic (exact) mass is 157 g/mol. The molecule has 0 atom stereocenters. The molecule has 1 aromatic heterocycles. The maximum atomic E-state index is 5.81. The summed E-state index contributed by atoms with van der Waals surface area (Å²) in [5.41, 5.74) is 0.980. The molecule has 0 amide bonds. The second-order valence-electron chi connectivity index (χ2n) is 1.95. The first-order valence-corrected chi connectivity index (χ1v) is 3.28. The van der Waals surface area contributed by atoms with Crippen molar-refractivity contribution in [1.29, 1.82) is 0 Å². The van der Waals surface area contributed by atoms with E-state index in [0.717, 1.165) is 5.56 Å². The summed E-state index contributed by atoms with van der Waals surface area (Å²) >= 11 is 5.81. The molecule has 0 radical (unpaired) electrons. The van der Waals surface area contributed by atoms with E-state index in [9.17, 15) is 0 Å². The summed E-state index contributed by atoms with van der Waals surface area (Å²) in [5, 5.41) is 0.588. The SMILES string of the molecule is COc1nccc(C)c1Cl. The number of rotatable bonds is 1. The van der Waals surface area contributed by atoms with Gasteiger partial charge in [0.15, 0.2) is 0 Å². The predicted octanol–water partition coefficient (Wildman–Crippen LogP) is 2.05. The van der Waals surface area contributed by atoms with Crippen molar-refractivity contribution in [3.63, 3.8) is 0 Å². The molecule has 0 aliphatic heterocycles. The van der Waals surface area contributed by atoms with Crippen molar-refractivity contribution in [2.75, 3.05) is 7.11 Å². The van der Waals surface area contributed by atoms with Gasteiger partial charge in [0, 0.05) is 6.20 Å². The smallest absolute Gasteiger partial charge is 0.232 e. The van der Waals surface area contributed by atoms with E-state index >= 15 is 0 Å². The maximum absolute atomic E-state index is 5.81. The van der Waals surface area contributed by atoms with E-state index in [1.54, 1.807) is 13.3 Å². The average molecular weight is 158 g/mol. The predicted molar refractivity (Wildman–Crippen MR) is 40.5 cm³/mol. The lowest BCUT2D eigenvalue weighted by Gasteiger charge is -2.01. The molecule has 1 aromatic rings. The summed E-state index contributed by atoms with van der Waals surface area (Å²) in [6, 6.07) is 1.84. The third kappa shape index (κ3) is 1.21. The molecule has 1 rings (SSSR count). The molecule has 54 valence electrons. The van der Waals surface area contributed by atoms with Crippen LogP contribution in [0.2, 0.25) is 5.02 Å². The minimum atomic E-state index is 0.488. The molecule has 0 aliphatic rings. The Morgan fingerprint density at radius 3 is 2.80 bits per heavy atom. The van der Waals surface area contributed by atoms with Gasteiger partial charge in [0.2, 0.25) is 5.88 Å². The van der Waals surface area contributed by atoms with E-state index in [4.69, 9.17) is 16.3 Å². The topological polar surface area (TPSA) is 22.1 Å². The van der Waals surface area contributed by atoms with Crippen LogP contribution in [0.5, 0.6) is 5.88 Å². The number of hydrogen-bond acceptors (Lipinski definition) is 2. The number of halogens is 1. The molecule has 2 nitrogen and oxygen atoms in total. The number of hydrogen-bond donors (Lipinski definition) is 0. The van der Waals surface area contributed by atoms with E-state index < -0.39 is 0 Å². The molecule has 0 saturated carbocycles. The van der Waals surface area contributed by atoms with Gasteiger partial charge >= 0.3 is 0 Å². The first-order chi connectivity index (χ1) is 4.75. The second-order valence-corrected chi connectivity index (χ2v) is 2.33. The molecule has 1 heterocycles. The third-order valence-electron chi connectivity index (χ3n) is 1.24. The van der Waals surface area contributed by atoms with Crippen LogP contribution in [-0.4, -0.2) is 12.1 Å². The van der Waals surface area contributed by atoms with Gasteiger partial charge in [-0.3, -0.25) is 0 Å². The van der Waals surface area contributed by atoms with E-state index in [0.29, 0.717) is 10.9 Å². The summed E-state index contributed by atoms with van der Waals surface area (Å²) < 4.78 is 4.88. The van der Waals surface area contributed by atoms with Crippen molar-refractivity contribution in [2.45, 2.75) is 6.92 Å². The fourth-order valence-electron chi connectivity index (χ4n) is 0.658. The number of aromatic nitrogens is 1. The van der Waals surface area contributed by atoms with Gasteiger partial charge in [-0.1, -0.05) is 11.6 Å². The Hall–Kier alpha value is -0.760. The molecule has 0 N–H and O–H groups in total. The molecule has 0 aromatic carbocycles. The highest BCUT2D eigenvalue weighted by Gasteiger charge is 2.01. The van der Waals surface area contributed by atoms with Crippen molar-refractivity contribution in [1.82, 2.24) is 4.98 Å². The van der Waals surface area contributed by atoms with Crippen LogP contribution in [0.3, 0.4) is 0 Å². The van der Waals surface area contributed by atoms with Crippen molar-refractivity contribution in [3.05, 3.63) is 22.8 Å². The summed E-state index contributed by atoms with van der Waals surface area (Å²) in [6.07, 6.45) is 1.67. The van der Waals surface area contributed by atoms with Gasteiger partial charge in [-0.25, -0.2) is 4.98 Å². The third-order valence-corrected chi connectivity index (χ3v) is 1.70. The Kier molecular flexibility index (Phi) is 2.12. The summed E-state index contributed by atoms with van der Waals surface area (Å²) in [6.45, 7) is 1.91. The fraction of sp³-hybridized carbons (Fsp3) is 0.286. The molecule has 0 unspecified atom stereocenters. The number of ether oxygens (including phenoxy) is 1. The molecule has 3 heteroatoms. The van der Waals surface area contributed by atoms with Crippen LogP contribution in [0.4, 0.5) is 0 Å². The van der Waals surface area contributed by atoms with Gasteiger partial charge in [-0.2, -0.15) is 0 Å². The van der Waals surface area contributed by atoms with Gasteiger partial charge < -0.3 is 4.74 Å². The zero-order valence-corrected chi connectivity index (χ0v) is 6.64. The summed E-state index contributed by atoms with van der Waals surface area (Å²) in [4.78, 5) is 3.90. The minimum Gasteiger partial charge on any atom is -0.480 e. The van der Waals surface area contributed by atoms with Crippen LogP contribution < -0.4 is 4.74 Å². The summed E-state index contributed by atoms with van der Waals surface area (Å²) in [7, 11) is 1.55. The average Bonchev–Trinajstić information content (AvgIpc) is 1.95. The Labute approximate surface area is 64.8 Å². The van der Waals surface area contributed by atoms with Crippen molar-refractivity contribution >= 4 is 11.6 Å². The number of pyridine rings is 1. The van der Waals surface area contributed by atoms with Crippen LogP contribution >= 0.6 is 11.6 Å². The molecule has 0 bridgehead atoms. The van der Waals surface area contributed by atoms with Crippen LogP contribution in [0.25, 0.3) is 0 Å². The molecule has 0 fully saturated rings. The molecule has 10 heavy (non-hydrogen) atoms. The molecule has 0 spiro atoms. The lowest BCUT2D eigenvalue weighted by molar-refractivity contribution is 0.398. The molecular formula is C7H8ClNO. The van der Waals surface area contributed by atoms with Gasteiger partial charge in [-0.05, 0) is 18.6 Å². The molecular weight excluding hydrogens is 150 g/mol. The quantitative estimate of drug-likeness (QED) is 0.623. The van der Waals surface area contributed by atoms with Crippen molar-refractivity contribution in [3.8, 4) is 5.88 Å². The van der Waals surface area contributed by atoms with Crippen LogP contribution in [-0.2, 0) is 0 Å². The van der Waals surface area contributed by atoms with Gasteiger partial charge in [0.05, 0.1) is 7.11 Å². The summed E-state index contributed by atoms with van der Waals surface area (Å²) in [5.74, 6) is 0.488. The van der Waals surface area contributed by atoms with Gasteiger partial charge in [-0.15, -0.1) is 0 Å². The van der Waals surface area contributed by atoms with Crippen LogP contribution in [0, 0.1) is 6.92 Å². The number of nitrogens with zero attached hydrogens (tertiary/aromatic N) is 1. The number of methoxy groups -OCH3 is 1. The second kappa shape index (κ2) is 2.88. The van der Waals surface area contributed by atoms with E-state index in [-0.39, 0.29) is 0 Å². The lowest BCUT2D eigenvalue weighted by atomic mass is 10.3. The first kappa shape index (κ1) is 7.35. The van der Waals surface area contributed by atoms with E-state index in [1.807, 2.05) is 13.0 Å².